The molecule has 2 rings (SSSR count). The highest BCUT2D eigenvalue weighted by Crippen LogP contribution is 2.36. The summed E-state index contributed by atoms with van der Waals surface area (Å²) in [6.07, 6.45) is 3.73. The fourth-order valence-electron chi connectivity index (χ4n) is 2.44. The second-order valence-corrected chi connectivity index (χ2v) is 9.49. The SMILES string of the molecule is O=C(O)C1(CNS(=O)(=O)c2ccc(Br)s2)CCCCC1. The van der Waals surface area contributed by atoms with Crippen molar-refractivity contribution in [3.8, 4) is 0 Å². The van der Waals surface area contributed by atoms with Crippen LogP contribution >= 0.6 is 27.3 Å². The van der Waals surface area contributed by atoms with Crippen molar-refractivity contribution in [2.75, 3.05) is 6.54 Å². The van der Waals surface area contributed by atoms with E-state index in [1.807, 2.05) is 0 Å². The molecule has 1 aliphatic carbocycles. The monoisotopic (exact) mass is 381 g/mol. The molecule has 0 spiro atoms. The molecule has 0 unspecified atom stereocenters. The molecule has 1 aromatic rings. The molecular weight excluding hydrogens is 366 g/mol. The predicted molar refractivity (Wildman–Crippen MR) is 80.4 cm³/mol. The molecule has 5 nitrogen and oxygen atoms in total. The maximum absolute atomic E-state index is 12.1. The first-order chi connectivity index (χ1) is 9.36. The van der Waals surface area contributed by atoms with Gasteiger partial charge < -0.3 is 5.11 Å². The number of nitrogens with one attached hydrogen (secondary N) is 1. The van der Waals surface area contributed by atoms with Gasteiger partial charge in [-0.3, -0.25) is 4.79 Å². The van der Waals surface area contributed by atoms with Crippen molar-refractivity contribution < 1.29 is 18.3 Å². The van der Waals surface area contributed by atoms with Crippen LogP contribution in [0.2, 0.25) is 0 Å². The number of rotatable bonds is 5. The molecule has 0 aliphatic heterocycles. The number of sulfonamides is 1. The zero-order valence-electron chi connectivity index (χ0n) is 10.8. The highest BCUT2D eigenvalue weighted by atomic mass is 79.9. The molecular formula is C12H16BrNO4S2. The second-order valence-electron chi connectivity index (χ2n) is 5.03. The third-order valence-corrected chi connectivity index (χ3v) is 7.20. The summed E-state index contributed by atoms with van der Waals surface area (Å²) in [5.74, 6) is -0.910. The van der Waals surface area contributed by atoms with E-state index >= 15 is 0 Å². The minimum absolute atomic E-state index is 0.0415. The van der Waals surface area contributed by atoms with Crippen molar-refractivity contribution in [3.63, 3.8) is 0 Å². The predicted octanol–water partition coefficient (Wildman–Crippen LogP) is 2.82. The molecule has 1 fully saturated rings. The zero-order chi connectivity index (χ0) is 14.8. The largest absolute Gasteiger partial charge is 0.481 e. The summed E-state index contributed by atoms with van der Waals surface area (Å²) in [6, 6.07) is 3.16. The number of carboxylic acid groups (broad SMARTS) is 1. The first-order valence-corrected chi connectivity index (χ1v) is 9.43. The highest BCUT2D eigenvalue weighted by molar-refractivity contribution is 9.11. The van der Waals surface area contributed by atoms with Gasteiger partial charge in [0.15, 0.2) is 0 Å². The van der Waals surface area contributed by atoms with Crippen LogP contribution in [-0.2, 0) is 14.8 Å². The maximum atomic E-state index is 12.1. The lowest BCUT2D eigenvalue weighted by molar-refractivity contribution is -0.150. The topological polar surface area (TPSA) is 83.5 Å². The summed E-state index contributed by atoms with van der Waals surface area (Å²) in [5.41, 5.74) is -0.959. The van der Waals surface area contributed by atoms with Crippen LogP contribution in [0.3, 0.4) is 0 Å². The smallest absolute Gasteiger partial charge is 0.310 e. The number of thiophene rings is 1. The zero-order valence-corrected chi connectivity index (χ0v) is 14.0. The Bertz CT molecular complexity index is 590. The molecule has 0 bridgehead atoms. The van der Waals surface area contributed by atoms with E-state index in [1.54, 1.807) is 6.07 Å². The number of hydrogen-bond donors (Lipinski definition) is 2. The lowest BCUT2D eigenvalue weighted by Gasteiger charge is -2.33. The van der Waals surface area contributed by atoms with Gasteiger partial charge in [0.25, 0.3) is 0 Å². The van der Waals surface area contributed by atoms with Gasteiger partial charge in [0.1, 0.15) is 4.21 Å². The normalized spacial score (nSPS) is 18.9. The van der Waals surface area contributed by atoms with E-state index in [0.717, 1.165) is 34.4 Å². The number of halogens is 1. The molecule has 0 amide bonds. The fraction of sp³-hybridized carbons (Fsp3) is 0.583. The average Bonchev–Trinajstić information content (AvgIpc) is 2.85. The summed E-state index contributed by atoms with van der Waals surface area (Å²) in [5, 5.41) is 9.42. The molecule has 1 aliphatic rings. The second kappa shape index (κ2) is 6.13. The Morgan fingerprint density at radius 2 is 2.00 bits per heavy atom. The minimum Gasteiger partial charge on any atom is -0.481 e. The molecule has 1 heterocycles. The molecule has 112 valence electrons. The third-order valence-electron chi connectivity index (χ3n) is 3.68. The van der Waals surface area contributed by atoms with Gasteiger partial charge in [0.2, 0.25) is 10.0 Å². The molecule has 1 saturated carbocycles. The average molecular weight is 382 g/mol. The van der Waals surface area contributed by atoms with Crippen LogP contribution in [0.5, 0.6) is 0 Å². The Labute approximate surface area is 130 Å². The summed E-state index contributed by atoms with van der Waals surface area (Å²) in [4.78, 5) is 11.5. The minimum atomic E-state index is -3.64. The van der Waals surface area contributed by atoms with E-state index in [2.05, 4.69) is 20.7 Å². The molecule has 2 N–H and O–H groups in total. The van der Waals surface area contributed by atoms with Crippen molar-refractivity contribution in [1.82, 2.24) is 4.72 Å². The first kappa shape index (κ1) is 15.9. The number of carbonyl (C=O) groups is 1. The summed E-state index contributed by atoms with van der Waals surface area (Å²) >= 11 is 4.33. The van der Waals surface area contributed by atoms with Crippen molar-refractivity contribution in [2.24, 2.45) is 5.41 Å². The van der Waals surface area contributed by atoms with E-state index in [9.17, 15) is 18.3 Å². The van der Waals surface area contributed by atoms with E-state index in [1.165, 1.54) is 6.07 Å². The molecule has 0 atom stereocenters. The van der Waals surface area contributed by atoms with Gasteiger partial charge in [-0.05, 0) is 40.9 Å². The highest BCUT2D eigenvalue weighted by Gasteiger charge is 2.40. The molecule has 0 radical (unpaired) electrons. The van der Waals surface area contributed by atoms with Crippen molar-refractivity contribution in [1.29, 1.82) is 0 Å². The maximum Gasteiger partial charge on any atom is 0.310 e. The standard InChI is InChI=1S/C12H16BrNO4S2/c13-9-4-5-10(19-9)20(17,18)14-8-12(11(15)16)6-2-1-3-7-12/h4-5,14H,1-3,6-8H2,(H,15,16). The van der Waals surface area contributed by atoms with Crippen LogP contribution in [0, 0.1) is 5.41 Å². The molecule has 0 aromatic carbocycles. The first-order valence-electron chi connectivity index (χ1n) is 6.34. The molecule has 0 saturated heterocycles. The lowest BCUT2D eigenvalue weighted by Crippen LogP contribution is -2.44. The van der Waals surface area contributed by atoms with Crippen LogP contribution in [-0.4, -0.2) is 26.0 Å². The fourth-order valence-corrected chi connectivity index (χ4v) is 5.62. The van der Waals surface area contributed by atoms with Crippen molar-refractivity contribution in [3.05, 3.63) is 15.9 Å². The lowest BCUT2D eigenvalue weighted by atomic mass is 9.74. The van der Waals surface area contributed by atoms with Gasteiger partial charge in [-0.15, -0.1) is 11.3 Å². The van der Waals surface area contributed by atoms with E-state index in [4.69, 9.17) is 0 Å². The van der Waals surface area contributed by atoms with Crippen LogP contribution < -0.4 is 4.72 Å². The number of hydrogen-bond acceptors (Lipinski definition) is 4. The van der Waals surface area contributed by atoms with E-state index < -0.39 is 21.4 Å². The van der Waals surface area contributed by atoms with Crippen LogP contribution in [0.1, 0.15) is 32.1 Å². The van der Waals surface area contributed by atoms with Gasteiger partial charge in [0.05, 0.1) is 9.20 Å². The van der Waals surface area contributed by atoms with Crippen molar-refractivity contribution >= 4 is 43.3 Å². The van der Waals surface area contributed by atoms with Crippen LogP contribution in [0.4, 0.5) is 0 Å². The van der Waals surface area contributed by atoms with Gasteiger partial charge in [0, 0.05) is 6.54 Å². The van der Waals surface area contributed by atoms with Gasteiger partial charge in [-0.1, -0.05) is 19.3 Å². The van der Waals surface area contributed by atoms with Crippen LogP contribution in [0.25, 0.3) is 0 Å². The third kappa shape index (κ3) is 3.41. The van der Waals surface area contributed by atoms with Gasteiger partial charge in [-0.25, -0.2) is 13.1 Å². The number of carboxylic acids is 1. The van der Waals surface area contributed by atoms with Crippen LogP contribution in [0.15, 0.2) is 20.1 Å². The number of aliphatic carboxylic acids is 1. The Morgan fingerprint density at radius 1 is 1.35 bits per heavy atom. The Kier molecular flexibility index (Phi) is 4.88. The van der Waals surface area contributed by atoms with E-state index in [-0.39, 0.29) is 10.8 Å². The van der Waals surface area contributed by atoms with Gasteiger partial charge >= 0.3 is 5.97 Å². The quantitative estimate of drug-likeness (QED) is 0.820. The Morgan fingerprint density at radius 3 is 2.50 bits per heavy atom. The summed E-state index contributed by atoms with van der Waals surface area (Å²) in [6.45, 7) is -0.0415. The van der Waals surface area contributed by atoms with Gasteiger partial charge in [-0.2, -0.15) is 0 Å². The summed E-state index contributed by atoms with van der Waals surface area (Å²) < 4.78 is 27.7. The molecule has 8 heteroatoms. The van der Waals surface area contributed by atoms with E-state index in [0.29, 0.717) is 12.8 Å². The molecule has 1 aromatic heterocycles. The summed E-state index contributed by atoms with van der Waals surface area (Å²) in [7, 11) is -3.64. The van der Waals surface area contributed by atoms with Crippen molar-refractivity contribution in [2.45, 2.75) is 36.3 Å². The molecule has 20 heavy (non-hydrogen) atoms. The Balaban J connectivity index is 2.11. The Hall–Kier alpha value is -0.440.